The third-order valence-corrected chi connectivity index (χ3v) is 1.87. The smallest absolute Gasteiger partial charge is 0.336 e. The molecule has 0 unspecified atom stereocenters. The lowest BCUT2D eigenvalue weighted by atomic mass is 10.1. The monoisotopic (exact) mass is 239 g/mol. The number of nitro groups is 1. The molecule has 6 heteroatoms. The van der Waals surface area contributed by atoms with Crippen molar-refractivity contribution in [3.63, 3.8) is 0 Å². The quantitative estimate of drug-likeness (QED) is 0.370. The van der Waals surface area contributed by atoms with Gasteiger partial charge in [-0.15, -0.1) is 11.6 Å². The Bertz CT molecular complexity index is 501. The lowest BCUT2D eigenvalue weighted by molar-refractivity contribution is -0.384. The second-order valence-corrected chi connectivity index (χ2v) is 2.99. The second-order valence-electron chi connectivity index (χ2n) is 2.73. The maximum atomic E-state index is 10.8. The van der Waals surface area contributed by atoms with Gasteiger partial charge in [0.15, 0.2) is 0 Å². The third kappa shape index (κ3) is 2.72. The molecule has 0 aromatic heterocycles. The number of carboxylic acid groups (broad SMARTS) is 1. The molecule has 1 N–H and O–H groups in total. The molecule has 0 aliphatic heterocycles. The van der Waals surface area contributed by atoms with E-state index in [1.807, 2.05) is 0 Å². The van der Waals surface area contributed by atoms with Gasteiger partial charge in [-0.05, 0) is 6.07 Å². The van der Waals surface area contributed by atoms with Crippen LogP contribution in [0.25, 0.3) is 0 Å². The van der Waals surface area contributed by atoms with Crippen molar-refractivity contribution in [3.8, 4) is 11.8 Å². The largest absolute Gasteiger partial charge is 0.478 e. The van der Waals surface area contributed by atoms with Crippen LogP contribution in [0.1, 0.15) is 15.9 Å². The van der Waals surface area contributed by atoms with Crippen molar-refractivity contribution in [1.29, 1.82) is 0 Å². The maximum absolute atomic E-state index is 10.8. The van der Waals surface area contributed by atoms with E-state index in [9.17, 15) is 14.9 Å². The summed E-state index contributed by atoms with van der Waals surface area (Å²) in [6.45, 7) is 0. The fourth-order valence-corrected chi connectivity index (χ4v) is 1.13. The Morgan fingerprint density at radius 2 is 2.25 bits per heavy atom. The van der Waals surface area contributed by atoms with E-state index >= 15 is 0 Å². The molecular weight excluding hydrogens is 234 g/mol. The lowest BCUT2D eigenvalue weighted by Crippen LogP contribution is -2.01. The minimum absolute atomic E-state index is 0.0295. The molecule has 0 saturated heterocycles. The molecule has 0 spiro atoms. The lowest BCUT2D eigenvalue weighted by Gasteiger charge is -1.98. The Hall–Kier alpha value is -2.06. The minimum Gasteiger partial charge on any atom is -0.478 e. The molecule has 1 rings (SSSR count). The first kappa shape index (κ1) is 12.0. The zero-order chi connectivity index (χ0) is 12.1. The molecule has 0 radical (unpaired) electrons. The highest BCUT2D eigenvalue weighted by Gasteiger charge is 2.13. The summed E-state index contributed by atoms with van der Waals surface area (Å²) in [6.07, 6.45) is 0. The molecule has 0 saturated carbocycles. The van der Waals surface area contributed by atoms with Gasteiger partial charge in [0.25, 0.3) is 5.69 Å². The first-order valence-electron chi connectivity index (χ1n) is 4.13. The molecule has 0 aliphatic carbocycles. The van der Waals surface area contributed by atoms with Crippen molar-refractivity contribution in [2.24, 2.45) is 0 Å². The van der Waals surface area contributed by atoms with Gasteiger partial charge in [-0.3, -0.25) is 10.1 Å². The van der Waals surface area contributed by atoms with E-state index in [1.165, 1.54) is 0 Å². The van der Waals surface area contributed by atoms with Gasteiger partial charge in [0.2, 0.25) is 0 Å². The van der Waals surface area contributed by atoms with Crippen LogP contribution in [0.2, 0.25) is 0 Å². The van der Waals surface area contributed by atoms with E-state index < -0.39 is 10.9 Å². The van der Waals surface area contributed by atoms with Gasteiger partial charge < -0.3 is 5.11 Å². The zero-order valence-electron chi connectivity index (χ0n) is 7.94. The number of halogens is 1. The van der Waals surface area contributed by atoms with E-state index in [2.05, 4.69) is 11.8 Å². The van der Waals surface area contributed by atoms with Crippen LogP contribution >= 0.6 is 11.6 Å². The van der Waals surface area contributed by atoms with E-state index in [4.69, 9.17) is 16.7 Å². The molecule has 0 bridgehead atoms. The maximum Gasteiger partial charge on any atom is 0.336 e. The number of nitrogens with zero attached hydrogens (tertiary/aromatic N) is 1. The molecule has 82 valence electrons. The predicted molar refractivity (Wildman–Crippen MR) is 57.7 cm³/mol. The SMILES string of the molecule is O=C(O)c1ccc([N+](=O)[O-])cc1C#CCCl. The summed E-state index contributed by atoms with van der Waals surface area (Å²) < 4.78 is 0. The predicted octanol–water partition coefficient (Wildman–Crippen LogP) is 1.88. The highest BCUT2D eigenvalue weighted by atomic mass is 35.5. The summed E-state index contributed by atoms with van der Waals surface area (Å²) in [5.74, 6) is 3.77. The standard InChI is InChI=1S/C10H6ClNO4/c11-5-1-2-7-6-8(12(15)16)3-4-9(7)10(13)14/h3-4,6H,5H2,(H,13,14). The van der Waals surface area contributed by atoms with Gasteiger partial charge in [-0.1, -0.05) is 11.8 Å². The van der Waals surface area contributed by atoms with Gasteiger partial charge in [0, 0.05) is 17.7 Å². The molecular formula is C10H6ClNO4. The summed E-state index contributed by atoms with van der Waals surface area (Å²) in [7, 11) is 0. The van der Waals surface area contributed by atoms with Crippen LogP contribution in [0.3, 0.4) is 0 Å². The number of benzene rings is 1. The number of carboxylic acids is 1. The zero-order valence-corrected chi connectivity index (χ0v) is 8.69. The van der Waals surface area contributed by atoms with Crippen molar-refractivity contribution < 1.29 is 14.8 Å². The van der Waals surface area contributed by atoms with Gasteiger partial charge in [0.05, 0.1) is 16.4 Å². The molecule has 0 fully saturated rings. The summed E-state index contributed by atoms with van der Waals surface area (Å²) in [5.41, 5.74) is -0.200. The van der Waals surface area contributed by atoms with Crippen molar-refractivity contribution in [2.75, 3.05) is 5.88 Å². The van der Waals surface area contributed by atoms with Gasteiger partial charge in [-0.2, -0.15) is 0 Å². The summed E-state index contributed by atoms with van der Waals surface area (Å²) >= 11 is 5.33. The van der Waals surface area contributed by atoms with E-state index in [-0.39, 0.29) is 22.7 Å². The summed E-state index contributed by atoms with van der Waals surface area (Å²) in [5, 5.41) is 19.3. The number of aromatic carboxylic acids is 1. The summed E-state index contributed by atoms with van der Waals surface area (Å²) in [6, 6.07) is 3.39. The molecule has 0 atom stereocenters. The molecule has 5 nitrogen and oxygen atoms in total. The van der Waals surface area contributed by atoms with Crippen LogP contribution in [-0.4, -0.2) is 21.9 Å². The molecule has 0 heterocycles. The number of carbonyl (C=O) groups is 1. The highest BCUT2D eigenvalue weighted by molar-refractivity contribution is 6.19. The number of rotatable bonds is 2. The molecule has 0 aliphatic rings. The number of hydrogen-bond donors (Lipinski definition) is 1. The molecule has 1 aromatic rings. The molecule has 16 heavy (non-hydrogen) atoms. The van der Waals surface area contributed by atoms with Crippen LogP contribution in [-0.2, 0) is 0 Å². The van der Waals surface area contributed by atoms with Crippen LogP contribution in [0, 0.1) is 22.0 Å². The Morgan fingerprint density at radius 1 is 1.56 bits per heavy atom. The Labute approximate surface area is 95.8 Å². The van der Waals surface area contributed by atoms with Gasteiger partial charge in [0.1, 0.15) is 0 Å². The van der Waals surface area contributed by atoms with Crippen LogP contribution < -0.4 is 0 Å². The van der Waals surface area contributed by atoms with E-state index in [0.717, 1.165) is 18.2 Å². The van der Waals surface area contributed by atoms with Crippen LogP contribution in [0.4, 0.5) is 5.69 Å². The number of non-ortho nitro benzene ring substituents is 1. The van der Waals surface area contributed by atoms with Crippen molar-refractivity contribution in [1.82, 2.24) is 0 Å². The first-order chi connectivity index (χ1) is 7.56. The van der Waals surface area contributed by atoms with Gasteiger partial charge in [-0.25, -0.2) is 4.79 Å². The van der Waals surface area contributed by atoms with Crippen molar-refractivity contribution in [2.45, 2.75) is 0 Å². The molecule has 0 amide bonds. The van der Waals surface area contributed by atoms with Crippen molar-refractivity contribution in [3.05, 3.63) is 39.4 Å². The Kier molecular flexibility index (Phi) is 3.86. The van der Waals surface area contributed by atoms with Crippen LogP contribution in [0.15, 0.2) is 18.2 Å². The number of nitro benzene ring substituents is 1. The Balaban J connectivity index is 3.32. The number of hydrogen-bond acceptors (Lipinski definition) is 3. The highest BCUT2D eigenvalue weighted by Crippen LogP contribution is 2.17. The Morgan fingerprint density at radius 3 is 2.75 bits per heavy atom. The fraction of sp³-hybridized carbons (Fsp3) is 0.100. The summed E-state index contributed by atoms with van der Waals surface area (Å²) in [4.78, 5) is 20.7. The number of alkyl halides is 1. The van der Waals surface area contributed by atoms with Gasteiger partial charge >= 0.3 is 5.97 Å². The minimum atomic E-state index is -1.19. The fourth-order valence-electron chi connectivity index (χ4n) is 1.06. The van der Waals surface area contributed by atoms with Crippen LogP contribution in [0.5, 0.6) is 0 Å². The second kappa shape index (κ2) is 5.14. The third-order valence-electron chi connectivity index (χ3n) is 1.73. The average Bonchev–Trinajstić information content (AvgIpc) is 2.25. The van der Waals surface area contributed by atoms with E-state index in [0.29, 0.717) is 0 Å². The average molecular weight is 240 g/mol. The normalized spacial score (nSPS) is 9.06. The van der Waals surface area contributed by atoms with E-state index in [1.54, 1.807) is 0 Å². The van der Waals surface area contributed by atoms with Crippen molar-refractivity contribution >= 4 is 23.3 Å². The topological polar surface area (TPSA) is 80.4 Å². The first-order valence-corrected chi connectivity index (χ1v) is 4.66. The molecule has 1 aromatic carbocycles.